The summed E-state index contributed by atoms with van der Waals surface area (Å²) in [5.74, 6) is -0.345. The summed E-state index contributed by atoms with van der Waals surface area (Å²) in [7, 11) is 0. The maximum absolute atomic E-state index is 12.9. The fraction of sp³-hybridized carbons (Fsp3) is 0.350. The Morgan fingerprint density at radius 3 is 2.81 bits per heavy atom. The number of para-hydroxylation sites is 1. The molecule has 6 heteroatoms. The van der Waals surface area contributed by atoms with Crippen LogP contribution >= 0.6 is 0 Å². The van der Waals surface area contributed by atoms with Crippen LogP contribution in [0.3, 0.4) is 0 Å². The summed E-state index contributed by atoms with van der Waals surface area (Å²) in [6, 6.07) is 9.75. The first kappa shape index (κ1) is 16.6. The number of amides is 1. The predicted octanol–water partition coefficient (Wildman–Crippen LogP) is 1.71. The highest BCUT2D eigenvalue weighted by atomic mass is 16.5. The molecule has 26 heavy (non-hydrogen) atoms. The van der Waals surface area contributed by atoms with Gasteiger partial charge < -0.3 is 14.2 Å². The van der Waals surface area contributed by atoms with Gasteiger partial charge in [0.15, 0.2) is 0 Å². The van der Waals surface area contributed by atoms with Gasteiger partial charge in [-0.1, -0.05) is 18.2 Å². The zero-order valence-electron chi connectivity index (χ0n) is 14.4. The molecular formula is C20H19N3O3. The second-order valence-electron chi connectivity index (χ2n) is 6.59. The number of morpholine rings is 1. The minimum atomic E-state index is -0.345. The van der Waals surface area contributed by atoms with Crippen LogP contribution in [0.25, 0.3) is 17.0 Å². The summed E-state index contributed by atoms with van der Waals surface area (Å²) in [6.07, 6.45) is 3.31. The molecule has 0 unspecified atom stereocenters. The van der Waals surface area contributed by atoms with Gasteiger partial charge in [-0.15, -0.1) is 0 Å². The van der Waals surface area contributed by atoms with Crippen LogP contribution in [0.2, 0.25) is 0 Å². The zero-order chi connectivity index (χ0) is 18.1. The fourth-order valence-electron chi connectivity index (χ4n) is 3.72. The van der Waals surface area contributed by atoms with Gasteiger partial charge in [-0.25, -0.2) is 0 Å². The van der Waals surface area contributed by atoms with E-state index in [-0.39, 0.29) is 17.0 Å². The average molecular weight is 349 g/mol. The number of ether oxygens (including phenoxy) is 1. The van der Waals surface area contributed by atoms with E-state index in [0.717, 1.165) is 23.7 Å². The quantitative estimate of drug-likeness (QED) is 0.611. The maximum atomic E-state index is 12.9. The number of aryl methyl sites for hydroxylation is 2. The Balaban J connectivity index is 1.80. The van der Waals surface area contributed by atoms with Gasteiger partial charge in [0, 0.05) is 25.2 Å². The van der Waals surface area contributed by atoms with E-state index in [9.17, 15) is 14.9 Å². The molecule has 1 saturated heterocycles. The molecule has 0 radical (unpaired) electrons. The molecule has 0 N–H and O–H groups in total. The molecule has 0 spiro atoms. The number of nitriles is 1. The first-order chi connectivity index (χ1) is 12.7. The van der Waals surface area contributed by atoms with Crippen LogP contribution in [0.1, 0.15) is 17.5 Å². The number of carbonyl (C=O) groups excluding carboxylic acids is 1. The molecular weight excluding hydrogens is 330 g/mol. The van der Waals surface area contributed by atoms with Crippen LogP contribution in [-0.2, 0) is 22.5 Å². The van der Waals surface area contributed by atoms with E-state index in [4.69, 9.17) is 4.74 Å². The van der Waals surface area contributed by atoms with Crippen molar-refractivity contribution in [1.82, 2.24) is 9.47 Å². The Kier molecular flexibility index (Phi) is 4.31. The molecule has 2 aliphatic rings. The van der Waals surface area contributed by atoms with Crippen molar-refractivity contribution in [2.24, 2.45) is 0 Å². The monoisotopic (exact) mass is 349 g/mol. The highest BCUT2D eigenvalue weighted by molar-refractivity contribution is 6.02. The minimum absolute atomic E-state index is 0.0110. The number of nitrogens with zero attached hydrogens (tertiary/aromatic N) is 3. The summed E-state index contributed by atoms with van der Waals surface area (Å²) < 4.78 is 7.02. The van der Waals surface area contributed by atoms with Crippen LogP contribution in [-0.4, -0.2) is 41.7 Å². The lowest BCUT2D eigenvalue weighted by Gasteiger charge is -2.26. The molecule has 3 heterocycles. The van der Waals surface area contributed by atoms with Crippen LogP contribution in [0.4, 0.5) is 0 Å². The third-order valence-corrected chi connectivity index (χ3v) is 5.00. The van der Waals surface area contributed by atoms with Gasteiger partial charge >= 0.3 is 0 Å². The van der Waals surface area contributed by atoms with E-state index >= 15 is 0 Å². The Morgan fingerprint density at radius 1 is 1.23 bits per heavy atom. The van der Waals surface area contributed by atoms with Gasteiger partial charge in [0.2, 0.25) is 0 Å². The van der Waals surface area contributed by atoms with E-state index < -0.39 is 0 Å². The van der Waals surface area contributed by atoms with E-state index in [1.807, 2.05) is 18.2 Å². The topological polar surface area (TPSA) is 75.3 Å². The predicted molar refractivity (Wildman–Crippen MR) is 97.5 cm³/mol. The molecule has 0 bridgehead atoms. The second-order valence-corrected chi connectivity index (χ2v) is 6.59. The van der Waals surface area contributed by atoms with Gasteiger partial charge in [0.25, 0.3) is 11.5 Å². The molecule has 0 saturated carbocycles. The Morgan fingerprint density at radius 2 is 2.04 bits per heavy atom. The lowest BCUT2D eigenvalue weighted by atomic mass is 9.99. The van der Waals surface area contributed by atoms with E-state index in [1.165, 1.54) is 11.6 Å². The van der Waals surface area contributed by atoms with Crippen molar-refractivity contribution in [2.75, 3.05) is 26.3 Å². The molecule has 4 rings (SSSR count). The van der Waals surface area contributed by atoms with Gasteiger partial charge in [-0.3, -0.25) is 9.59 Å². The molecule has 0 atom stereocenters. The van der Waals surface area contributed by atoms with Gasteiger partial charge in [0.1, 0.15) is 11.6 Å². The molecule has 0 aliphatic carbocycles. The summed E-state index contributed by atoms with van der Waals surface area (Å²) in [4.78, 5) is 27.1. The summed E-state index contributed by atoms with van der Waals surface area (Å²) >= 11 is 0. The lowest BCUT2D eigenvalue weighted by Crippen LogP contribution is -2.41. The van der Waals surface area contributed by atoms with Gasteiger partial charge in [0.05, 0.1) is 18.7 Å². The average Bonchev–Trinajstić information content (AvgIpc) is 2.69. The maximum Gasteiger partial charge on any atom is 0.264 e. The summed E-state index contributed by atoms with van der Waals surface area (Å²) in [6.45, 7) is 2.52. The third-order valence-electron chi connectivity index (χ3n) is 5.00. The van der Waals surface area contributed by atoms with E-state index in [2.05, 4.69) is 6.07 Å². The van der Waals surface area contributed by atoms with E-state index in [0.29, 0.717) is 38.4 Å². The summed E-state index contributed by atoms with van der Waals surface area (Å²) in [5, 5.41) is 10.4. The molecule has 1 aromatic carbocycles. The zero-order valence-corrected chi connectivity index (χ0v) is 14.4. The number of rotatable bonds is 2. The number of benzene rings is 1. The molecule has 132 valence electrons. The Hall–Kier alpha value is -2.91. The molecule has 2 aromatic rings. The standard InChI is InChI=1S/C20H19N3O3/c21-13-17(19(24)22-7-9-26-10-8-22)12-16-11-15-4-1-3-14-5-2-6-23(18(14)15)20(16)25/h1,3-4,11-12H,2,5-10H2/b17-12+. The normalized spacial score (nSPS) is 17.2. The fourth-order valence-corrected chi connectivity index (χ4v) is 3.72. The third kappa shape index (κ3) is 2.80. The van der Waals surface area contributed by atoms with Crippen molar-refractivity contribution in [1.29, 1.82) is 5.26 Å². The minimum Gasteiger partial charge on any atom is -0.378 e. The Labute approximate surface area is 150 Å². The smallest absolute Gasteiger partial charge is 0.264 e. The number of hydrogen-bond acceptors (Lipinski definition) is 4. The number of hydrogen-bond donors (Lipinski definition) is 0. The van der Waals surface area contributed by atoms with Crippen LogP contribution in [0.15, 0.2) is 34.6 Å². The molecule has 1 amide bonds. The first-order valence-electron chi connectivity index (χ1n) is 8.83. The van der Waals surface area contributed by atoms with Crippen LogP contribution in [0, 0.1) is 11.3 Å². The van der Waals surface area contributed by atoms with Gasteiger partial charge in [-0.05, 0) is 35.9 Å². The van der Waals surface area contributed by atoms with Crippen molar-refractivity contribution < 1.29 is 9.53 Å². The first-order valence-corrected chi connectivity index (χ1v) is 8.83. The van der Waals surface area contributed by atoms with Crippen molar-refractivity contribution in [3.63, 3.8) is 0 Å². The van der Waals surface area contributed by atoms with Gasteiger partial charge in [-0.2, -0.15) is 5.26 Å². The van der Waals surface area contributed by atoms with Crippen LogP contribution in [0.5, 0.6) is 0 Å². The molecule has 2 aliphatic heterocycles. The molecule has 6 nitrogen and oxygen atoms in total. The lowest BCUT2D eigenvalue weighted by molar-refractivity contribution is -0.130. The Bertz CT molecular complexity index is 1010. The van der Waals surface area contributed by atoms with E-state index in [1.54, 1.807) is 15.5 Å². The van der Waals surface area contributed by atoms with Crippen LogP contribution < -0.4 is 5.56 Å². The summed E-state index contributed by atoms with van der Waals surface area (Å²) in [5.41, 5.74) is 2.37. The SMILES string of the molecule is N#C/C(=C\c1cc2cccc3c2n(c1=O)CCC3)C(=O)N1CCOCC1. The highest BCUT2D eigenvalue weighted by Gasteiger charge is 2.22. The van der Waals surface area contributed by atoms with Crippen molar-refractivity contribution in [3.05, 3.63) is 51.3 Å². The largest absolute Gasteiger partial charge is 0.378 e. The highest BCUT2D eigenvalue weighted by Crippen LogP contribution is 2.24. The molecule has 1 aromatic heterocycles. The number of pyridine rings is 1. The van der Waals surface area contributed by atoms with Crippen molar-refractivity contribution in [3.8, 4) is 6.07 Å². The van der Waals surface area contributed by atoms with Crippen molar-refractivity contribution >= 4 is 22.9 Å². The number of carbonyl (C=O) groups is 1. The van der Waals surface area contributed by atoms with Crippen molar-refractivity contribution in [2.45, 2.75) is 19.4 Å². The number of aromatic nitrogens is 1. The second kappa shape index (κ2) is 6.77. The molecule has 1 fully saturated rings.